The van der Waals surface area contributed by atoms with Gasteiger partial charge in [0.1, 0.15) is 0 Å². The first kappa shape index (κ1) is 33.1. The Morgan fingerprint density at radius 2 is 0.913 bits per heavy atom. The van der Waals surface area contributed by atoms with Gasteiger partial charge in [0.15, 0.2) is 11.6 Å². The predicted molar refractivity (Wildman–Crippen MR) is 56.9 cm³/mol. The molecule has 0 radical (unpaired) electrons. The maximum absolute atomic E-state index is 11.3. The van der Waals surface area contributed by atoms with Crippen molar-refractivity contribution in [2.75, 3.05) is 0 Å². The zero-order valence-electron chi connectivity index (χ0n) is 11.4. The van der Waals surface area contributed by atoms with Crippen molar-refractivity contribution in [1.82, 2.24) is 0 Å². The standard InChI is InChI=1S/2C5H5F3O2.Ni.2H2O/c2*1-3(9)2-4(10)5(6,7)8;;;/h2*2,10H,1H3;;2*1H2/q;;+2;;/p-2. The normalized spacial score (nSPS) is 11.7. The van der Waals surface area contributed by atoms with Crippen LogP contribution in [0.1, 0.15) is 13.8 Å². The van der Waals surface area contributed by atoms with Gasteiger partial charge in [-0.05, 0) is 37.5 Å². The Morgan fingerprint density at radius 3 is 0.957 bits per heavy atom. The molecule has 0 aliphatic carbocycles. The molecule has 23 heavy (non-hydrogen) atoms. The summed E-state index contributed by atoms with van der Waals surface area (Å²) in [7, 11) is 0. The SMILES string of the molecule is CC(=O)C=C([O-])C(F)(F)F.CC(=O)C=C([O-])C(F)(F)F.O.O.[Ni+2]. The van der Waals surface area contributed by atoms with Crippen molar-refractivity contribution >= 4 is 11.6 Å². The van der Waals surface area contributed by atoms with Crippen molar-refractivity contribution in [1.29, 1.82) is 0 Å². The third-order valence-electron chi connectivity index (χ3n) is 1.23. The first-order chi connectivity index (χ1) is 8.67. The summed E-state index contributed by atoms with van der Waals surface area (Å²) in [5.41, 5.74) is 0. The van der Waals surface area contributed by atoms with Crippen molar-refractivity contribution in [3.05, 3.63) is 23.7 Å². The van der Waals surface area contributed by atoms with Crippen LogP contribution < -0.4 is 10.2 Å². The van der Waals surface area contributed by atoms with E-state index in [0.29, 0.717) is 0 Å². The second-order valence-corrected chi connectivity index (χ2v) is 3.23. The number of carbonyl (C=O) groups excluding carboxylic acids is 2. The van der Waals surface area contributed by atoms with Crippen LogP contribution in [-0.2, 0) is 26.1 Å². The van der Waals surface area contributed by atoms with E-state index in [9.17, 15) is 46.1 Å². The number of carbonyl (C=O) groups is 2. The Bertz CT molecular complexity index is 387. The summed E-state index contributed by atoms with van der Waals surface area (Å²) < 4.78 is 67.7. The van der Waals surface area contributed by atoms with Crippen molar-refractivity contribution < 1.29 is 73.6 Å². The van der Waals surface area contributed by atoms with Gasteiger partial charge in [0.05, 0.1) is 0 Å². The molecule has 0 aromatic rings. The Balaban J connectivity index is -0.0000000831. The molecule has 0 rings (SSSR count). The molecule has 0 aliphatic heterocycles. The Labute approximate surface area is 136 Å². The Kier molecular flexibility index (Phi) is 18.6. The first-order valence-corrected chi connectivity index (χ1v) is 4.61. The van der Waals surface area contributed by atoms with E-state index in [1.807, 2.05) is 0 Å². The molecule has 0 aromatic heterocycles. The molecule has 6 nitrogen and oxygen atoms in total. The number of hydrogen-bond acceptors (Lipinski definition) is 4. The molecule has 0 heterocycles. The summed E-state index contributed by atoms with van der Waals surface area (Å²) in [5, 5.41) is 19.7. The third kappa shape index (κ3) is 20.4. The molecule has 0 aliphatic rings. The summed E-state index contributed by atoms with van der Waals surface area (Å²) in [6.07, 6.45) is -9.82. The van der Waals surface area contributed by atoms with E-state index in [1.165, 1.54) is 0 Å². The van der Waals surface area contributed by atoms with Gasteiger partial charge in [0.25, 0.3) is 0 Å². The quantitative estimate of drug-likeness (QED) is 0.256. The second kappa shape index (κ2) is 12.9. The van der Waals surface area contributed by atoms with Gasteiger partial charge in [-0.25, -0.2) is 0 Å². The van der Waals surface area contributed by atoms with Gasteiger partial charge in [-0.3, -0.25) is 9.59 Å². The average Bonchev–Trinajstić information content (AvgIpc) is 2.13. The smallest absolute Gasteiger partial charge is 0.869 e. The van der Waals surface area contributed by atoms with E-state index in [4.69, 9.17) is 0 Å². The number of ketones is 2. The minimum atomic E-state index is -4.92. The van der Waals surface area contributed by atoms with E-state index in [2.05, 4.69) is 0 Å². The summed E-state index contributed by atoms with van der Waals surface area (Å²) in [5.74, 6) is -6.02. The maximum atomic E-state index is 11.3. The largest absolute Gasteiger partial charge is 2.00 e. The van der Waals surface area contributed by atoms with Crippen LogP contribution in [0.15, 0.2) is 23.7 Å². The van der Waals surface area contributed by atoms with E-state index in [0.717, 1.165) is 13.8 Å². The molecule has 4 N–H and O–H groups in total. The van der Waals surface area contributed by atoms with Gasteiger partial charge >= 0.3 is 28.8 Å². The van der Waals surface area contributed by atoms with Gasteiger partial charge < -0.3 is 21.2 Å². The van der Waals surface area contributed by atoms with Crippen LogP contribution in [0.3, 0.4) is 0 Å². The molecule has 140 valence electrons. The van der Waals surface area contributed by atoms with Crippen molar-refractivity contribution in [2.45, 2.75) is 26.2 Å². The van der Waals surface area contributed by atoms with E-state index in [1.54, 1.807) is 0 Å². The average molecular weight is 401 g/mol. The van der Waals surface area contributed by atoms with E-state index >= 15 is 0 Å². The number of hydrogen-bond donors (Lipinski definition) is 0. The van der Waals surface area contributed by atoms with Crippen LogP contribution in [-0.4, -0.2) is 34.9 Å². The molecule has 0 bridgehead atoms. The van der Waals surface area contributed by atoms with Crippen LogP contribution in [0.2, 0.25) is 0 Å². The minimum Gasteiger partial charge on any atom is -0.869 e. The van der Waals surface area contributed by atoms with Gasteiger partial charge in [-0.2, -0.15) is 26.3 Å². The van der Waals surface area contributed by atoms with Crippen LogP contribution in [0.25, 0.3) is 0 Å². The van der Waals surface area contributed by atoms with E-state index in [-0.39, 0.29) is 39.6 Å². The zero-order chi connectivity index (χ0) is 16.7. The summed E-state index contributed by atoms with van der Waals surface area (Å²) >= 11 is 0. The topological polar surface area (TPSA) is 143 Å². The van der Waals surface area contributed by atoms with Gasteiger partial charge in [-0.1, -0.05) is 0 Å². The fourth-order valence-corrected chi connectivity index (χ4v) is 0.533. The molecule has 13 heteroatoms. The fourth-order valence-electron chi connectivity index (χ4n) is 0.533. The first-order valence-electron chi connectivity index (χ1n) is 4.61. The van der Waals surface area contributed by atoms with Crippen LogP contribution in [0, 0.1) is 0 Å². The van der Waals surface area contributed by atoms with Gasteiger partial charge in [0.2, 0.25) is 0 Å². The van der Waals surface area contributed by atoms with Crippen molar-refractivity contribution in [3.63, 3.8) is 0 Å². The zero-order valence-corrected chi connectivity index (χ0v) is 12.4. The number of rotatable bonds is 2. The molecule has 0 saturated heterocycles. The molecule has 0 unspecified atom stereocenters. The summed E-state index contributed by atoms with van der Waals surface area (Å²) in [6.45, 7) is 1.76. The summed E-state index contributed by atoms with van der Waals surface area (Å²) in [4.78, 5) is 19.8. The maximum Gasteiger partial charge on any atom is 2.00 e. The third-order valence-corrected chi connectivity index (χ3v) is 1.23. The molecule has 0 amide bonds. The van der Waals surface area contributed by atoms with E-state index < -0.39 is 35.4 Å². The van der Waals surface area contributed by atoms with Gasteiger partial charge in [0, 0.05) is 0 Å². The number of allylic oxidation sites excluding steroid dienone is 4. The molecule has 0 saturated carbocycles. The molecular weight excluding hydrogens is 389 g/mol. The monoisotopic (exact) mass is 400 g/mol. The second-order valence-electron chi connectivity index (χ2n) is 3.23. The van der Waals surface area contributed by atoms with Gasteiger partial charge in [-0.15, -0.1) is 0 Å². The number of alkyl halides is 6. The Morgan fingerprint density at radius 1 is 0.739 bits per heavy atom. The molecule has 0 aromatic carbocycles. The Hall–Kier alpha value is -1.59. The molecule has 0 spiro atoms. The van der Waals surface area contributed by atoms with Crippen molar-refractivity contribution in [3.8, 4) is 0 Å². The fraction of sp³-hybridized carbons (Fsp3) is 0.400. The summed E-state index contributed by atoms with van der Waals surface area (Å²) in [6, 6.07) is 0. The molecule has 0 fully saturated rings. The minimum absolute atomic E-state index is 0. The van der Waals surface area contributed by atoms with Crippen LogP contribution in [0.4, 0.5) is 26.3 Å². The van der Waals surface area contributed by atoms with Crippen molar-refractivity contribution in [2.24, 2.45) is 0 Å². The van der Waals surface area contributed by atoms with Crippen LogP contribution >= 0.6 is 0 Å². The molecular formula is C10H12F6NiO6. The predicted octanol–water partition coefficient (Wildman–Crippen LogP) is -0.888. The van der Waals surface area contributed by atoms with Crippen LogP contribution in [0.5, 0.6) is 0 Å². The number of halogens is 6. The molecule has 0 atom stereocenters.